The van der Waals surface area contributed by atoms with E-state index in [9.17, 15) is 5.11 Å². The average molecular weight is 270 g/mol. The number of halogens is 1. The van der Waals surface area contributed by atoms with Gasteiger partial charge in [-0.2, -0.15) is 0 Å². The highest BCUT2D eigenvalue weighted by Crippen LogP contribution is 2.24. The van der Waals surface area contributed by atoms with E-state index >= 15 is 0 Å². The molecule has 0 saturated carbocycles. The van der Waals surface area contributed by atoms with E-state index < -0.39 is 0 Å². The number of piperidine rings is 1. The molecular formula is C12H16BrNO. The van der Waals surface area contributed by atoms with Gasteiger partial charge < -0.3 is 5.11 Å². The van der Waals surface area contributed by atoms with E-state index in [1.54, 1.807) is 6.07 Å². The first kappa shape index (κ1) is 11.0. The summed E-state index contributed by atoms with van der Waals surface area (Å²) in [6.45, 7) is 3.18. The molecule has 1 aliphatic heterocycles. The Morgan fingerprint density at radius 1 is 1.20 bits per heavy atom. The van der Waals surface area contributed by atoms with Gasteiger partial charge in [0.1, 0.15) is 5.75 Å². The third-order valence-corrected chi connectivity index (χ3v) is 3.38. The van der Waals surface area contributed by atoms with Gasteiger partial charge in [0.15, 0.2) is 0 Å². The van der Waals surface area contributed by atoms with Gasteiger partial charge >= 0.3 is 0 Å². The Morgan fingerprint density at radius 2 is 1.93 bits per heavy atom. The summed E-state index contributed by atoms with van der Waals surface area (Å²) in [5.74, 6) is 0.406. The van der Waals surface area contributed by atoms with Crippen molar-refractivity contribution >= 4 is 15.9 Å². The summed E-state index contributed by atoms with van der Waals surface area (Å²) in [4.78, 5) is 2.41. The van der Waals surface area contributed by atoms with Crippen LogP contribution in [0.4, 0.5) is 0 Å². The first-order chi connectivity index (χ1) is 7.25. The Balaban J connectivity index is 2.05. The van der Waals surface area contributed by atoms with E-state index in [0.29, 0.717) is 5.75 Å². The molecule has 0 aliphatic carbocycles. The van der Waals surface area contributed by atoms with Crippen LogP contribution in [0.3, 0.4) is 0 Å². The van der Waals surface area contributed by atoms with Crippen molar-refractivity contribution in [2.45, 2.75) is 25.8 Å². The fraction of sp³-hybridized carbons (Fsp3) is 0.500. The van der Waals surface area contributed by atoms with Gasteiger partial charge in [-0.25, -0.2) is 0 Å². The van der Waals surface area contributed by atoms with Gasteiger partial charge in [-0.05, 0) is 44.1 Å². The molecule has 15 heavy (non-hydrogen) atoms. The van der Waals surface area contributed by atoms with E-state index in [2.05, 4.69) is 20.8 Å². The number of hydrogen-bond acceptors (Lipinski definition) is 2. The summed E-state index contributed by atoms with van der Waals surface area (Å²) in [6, 6.07) is 5.63. The smallest absolute Gasteiger partial charge is 0.120 e. The van der Waals surface area contributed by atoms with Crippen molar-refractivity contribution in [2.24, 2.45) is 0 Å². The van der Waals surface area contributed by atoms with Crippen LogP contribution in [-0.4, -0.2) is 23.1 Å². The Hall–Kier alpha value is -0.540. The molecule has 2 rings (SSSR count). The molecule has 1 heterocycles. The maximum absolute atomic E-state index is 9.72. The van der Waals surface area contributed by atoms with Crippen molar-refractivity contribution in [3.8, 4) is 5.75 Å². The number of benzene rings is 1. The zero-order chi connectivity index (χ0) is 10.7. The van der Waals surface area contributed by atoms with Gasteiger partial charge in [0.05, 0.1) is 0 Å². The number of nitrogens with zero attached hydrogens (tertiary/aromatic N) is 1. The Morgan fingerprint density at radius 3 is 2.67 bits per heavy atom. The zero-order valence-electron chi connectivity index (χ0n) is 8.75. The minimum absolute atomic E-state index is 0.406. The average Bonchev–Trinajstić information content (AvgIpc) is 2.25. The van der Waals surface area contributed by atoms with Crippen LogP contribution in [0.5, 0.6) is 5.75 Å². The summed E-state index contributed by atoms with van der Waals surface area (Å²) in [5.41, 5.74) is 1.02. The van der Waals surface area contributed by atoms with Crippen LogP contribution >= 0.6 is 15.9 Å². The summed E-state index contributed by atoms with van der Waals surface area (Å²) in [6.07, 6.45) is 3.92. The predicted molar refractivity (Wildman–Crippen MR) is 64.9 cm³/mol. The molecule has 0 spiro atoms. The fourth-order valence-electron chi connectivity index (χ4n) is 2.04. The molecule has 1 N–H and O–H groups in total. The predicted octanol–water partition coefficient (Wildman–Crippen LogP) is 3.14. The van der Waals surface area contributed by atoms with E-state index in [1.165, 1.54) is 19.3 Å². The molecule has 1 aromatic rings. The lowest BCUT2D eigenvalue weighted by molar-refractivity contribution is 0.218. The van der Waals surface area contributed by atoms with E-state index in [0.717, 1.165) is 29.7 Å². The topological polar surface area (TPSA) is 23.5 Å². The molecule has 1 saturated heterocycles. The van der Waals surface area contributed by atoms with Crippen LogP contribution in [0.2, 0.25) is 0 Å². The monoisotopic (exact) mass is 269 g/mol. The van der Waals surface area contributed by atoms with Crippen molar-refractivity contribution in [2.75, 3.05) is 13.1 Å². The van der Waals surface area contributed by atoms with Crippen LogP contribution in [0.15, 0.2) is 22.7 Å². The molecule has 0 bridgehead atoms. The number of hydrogen-bond donors (Lipinski definition) is 1. The maximum atomic E-state index is 9.72. The van der Waals surface area contributed by atoms with Crippen molar-refractivity contribution in [3.05, 3.63) is 28.2 Å². The molecule has 82 valence electrons. The highest BCUT2D eigenvalue weighted by molar-refractivity contribution is 9.10. The van der Waals surface area contributed by atoms with Crippen molar-refractivity contribution in [1.29, 1.82) is 0 Å². The first-order valence-electron chi connectivity index (χ1n) is 5.45. The standard InChI is InChI=1S/C12H16BrNO/c13-11-4-5-12(15)10(8-11)9-14-6-2-1-3-7-14/h4-5,8,15H,1-3,6-7,9H2. The summed E-state index contributed by atoms with van der Waals surface area (Å²) >= 11 is 3.43. The first-order valence-corrected chi connectivity index (χ1v) is 6.25. The molecular weight excluding hydrogens is 254 g/mol. The maximum Gasteiger partial charge on any atom is 0.120 e. The summed E-state index contributed by atoms with van der Waals surface area (Å²) in [7, 11) is 0. The molecule has 1 aliphatic rings. The van der Waals surface area contributed by atoms with Gasteiger partial charge in [0.25, 0.3) is 0 Å². The lowest BCUT2D eigenvalue weighted by Crippen LogP contribution is -2.29. The SMILES string of the molecule is Oc1ccc(Br)cc1CN1CCCCC1. The van der Waals surface area contributed by atoms with Gasteiger partial charge in [-0.15, -0.1) is 0 Å². The molecule has 1 fully saturated rings. The van der Waals surface area contributed by atoms with Crippen LogP contribution in [-0.2, 0) is 6.54 Å². The molecule has 0 radical (unpaired) electrons. The van der Waals surface area contributed by atoms with Crippen molar-refractivity contribution in [3.63, 3.8) is 0 Å². The lowest BCUT2D eigenvalue weighted by Gasteiger charge is -2.26. The van der Waals surface area contributed by atoms with Crippen molar-refractivity contribution < 1.29 is 5.11 Å². The van der Waals surface area contributed by atoms with Crippen LogP contribution < -0.4 is 0 Å². The Bertz CT molecular complexity index is 334. The fourth-order valence-corrected chi connectivity index (χ4v) is 2.45. The quantitative estimate of drug-likeness (QED) is 0.892. The van der Waals surface area contributed by atoms with Crippen LogP contribution in [0, 0.1) is 0 Å². The Labute approximate surface area is 99.0 Å². The molecule has 0 aromatic heterocycles. The number of likely N-dealkylation sites (tertiary alicyclic amines) is 1. The lowest BCUT2D eigenvalue weighted by atomic mass is 10.1. The molecule has 2 nitrogen and oxygen atoms in total. The third kappa shape index (κ3) is 2.95. The molecule has 0 atom stereocenters. The van der Waals surface area contributed by atoms with E-state index in [1.807, 2.05) is 12.1 Å². The molecule has 0 amide bonds. The Kier molecular flexibility index (Phi) is 3.65. The van der Waals surface area contributed by atoms with Crippen LogP contribution in [0.1, 0.15) is 24.8 Å². The number of phenolic OH excluding ortho intramolecular Hbond substituents is 1. The number of rotatable bonds is 2. The second-order valence-corrected chi connectivity index (χ2v) is 5.03. The van der Waals surface area contributed by atoms with Crippen LogP contribution in [0.25, 0.3) is 0 Å². The zero-order valence-corrected chi connectivity index (χ0v) is 10.3. The van der Waals surface area contributed by atoms with Gasteiger partial charge in [0.2, 0.25) is 0 Å². The second kappa shape index (κ2) is 4.99. The summed E-state index contributed by atoms with van der Waals surface area (Å²) < 4.78 is 1.03. The number of aromatic hydroxyl groups is 1. The minimum atomic E-state index is 0.406. The highest BCUT2D eigenvalue weighted by Gasteiger charge is 2.12. The van der Waals surface area contributed by atoms with E-state index in [-0.39, 0.29) is 0 Å². The largest absolute Gasteiger partial charge is 0.508 e. The van der Waals surface area contributed by atoms with E-state index in [4.69, 9.17) is 0 Å². The molecule has 3 heteroatoms. The summed E-state index contributed by atoms with van der Waals surface area (Å²) in [5, 5.41) is 9.72. The van der Waals surface area contributed by atoms with Gasteiger partial charge in [-0.3, -0.25) is 4.90 Å². The van der Waals surface area contributed by atoms with Crippen molar-refractivity contribution in [1.82, 2.24) is 4.90 Å². The van der Waals surface area contributed by atoms with Gasteiger partial charge in [-0.1, -0.05) is 22.4 Å². The highest BCUT2D eigenvalue weighted by atomic mass is 79.9. The third-order valence-electron chi connectivity index (χ3n) is 2.88. The second-order valence-electron chi connectivity index (χ2n) is 4.11. The van der Waals surface area contributed by atoms with Gasteiger partial charge in [0, 0.05) is 16.6 Å². The minimum Gasteiger partial charge on any atom is -0.508 e. The number of phenols is 1. The molecule has 0 unspecified atom stereocenters. The normalized spacial score (nSPS) is 17.9. The molecule has 1 aromatic carbocycles.